The van der Waals surface area contributed by atoms with Gasteiger partial charge in [-0.2, -0.15) is 0 Å². The summed E-state index contributed by atoms with van der Waals surface area (Å²) >= 11 is 1.51. The Kier molecular flexibility index (Phi) is 3.44. The average Bonchev–Trinajstić information content (AvgIpc) is 2.81. The molecule has 4 N–H and O–H groups in total. The van der Waals surface area contributed by atoms with Gasteiger partial charge in [0, 0.05) is 15.5 Å². The second kappa shape index (κ2) is 4.89. The molecule has 19 heavy (non-hydrogen) atoms. The number of hydrogen-bond acceptors (Lipinski definition) is 4. The Morgan fingerprint density at radius 3 is 2.79 bits per heavy atom. The van der Waals surface area contributed by atoms with Crippen LogP contribution in [0.2, 0.25) is 0 Å². The van der Waals surface area contributed by atoms with Gasteiger partial charge >= 0.3 is 0 Å². The van der Waals surface area contributed by atoms with Crippen LogP contribution in [0.25, 0.3) is 10.1 Å². The molecular formula is C13H15N3O2S. The Labute approximate surface area is 114 Å². The summed E-state index contributed by atoms with van der Waals surface area (Å²) < 4.78 is 1.05. The second-order valence-electron chi connectivity index (χ2n) is 4.71. The molecule has 0 spiro atoms. The molecule has 1 aromatic heterocycles. The Hall–Kier alpha value is -2.08. The molecule has 0 fully saturated rings. The zero-order chi connectivity index (χ0) is 14.0. The Morgan fingerprint density at radius 1 is 1.42 bits per heavy atom. The van der Waals surface area contributed by atoms with Crippen molar-refractivity contribution in [1.82, 2.24) is 5.32 Å². The van der Waals surface area contributed by atoms with Crippen LogP contribution in [0.3, 0.4) is 0 Å². The van der Waals surface area contributed by atoms with Crippen molar-refractivity contribution < 1.29 is 10.0 Å². The van der Waals surface area contributed by atoms with Crippen LogP contribution in [0, 0.1) is 0 Å². The monoisotopic (exact) mass is 277 g/mol. The molecule has 6 heteroatoms. The standard InChI is InChI=1S/C13H15N3O2S/c1-13(2,12(14)16-18)15-11(17)9-7-19-10-6-4-3-5-8(9)10/h3-7,18H,1-2H3,(H2,14,16)(H,15,17). The van der Waals surface area contributed by atoms with Crippen LogP contribution in [-0.2, 0) is 0 Å². The van der Waals surface area contributed by atoms with E-state index in [1.54, 1.807) is 13.8 Å². The first-order chi connectivity index (χ1) is 8.95. The van der Waals surface area contributed by atoms with E-state index >= 15 is 0 Å². The molecule has 2 aromatic rings. The summed E-state index contributed by atoms with van der Waals surface area (Å²) in [5, 5.41) is 17.1. The van der Waals surface area contributed by atoms with Crippen LogP contribution in [0.1, 0.15) is 24.2 Å². The summed E-state index contributed by atoms with van der Waals surface area (Å²) in [6, 6.07) is 7.68. The number of carbonyl (C=O) groups is 1. The van der Waals surface area contributed by atoms with Gasteiger partial charge in [-0.25, -0.2) is 0 Å². The van der Waals surface area contributed by atoms with Crippen LogP contribution in [0.5, 0.6) is 0 Å². The van der Waals surface area contributed by atoms with Crippen molar-refractivity contribution >= 4 is 33.2 Å². The fourth-order valence-electron chi connectivity index (χ4n) is 1.69. The number of nitrogens with one attached hydrogen (secondary N) is 1. The maximum Gasteiger partial charge on any atom is 0.253 e. The molecule has 0 aliphatic carbocycles. The van der Waals surface area contributed by atoms with Crippen molar-refractivity contribution in [2.75, 3.05) is 0 Å². The largest absolute Gasteiger partial charge is 0.409 e. The van der Waals surface area contributed by atoms with Gasteiger partial charge in [0.15, 0.2) is 5.84 Å². The molecule has 1 aromatic carbocycles. The molecule has 2 rings (SSSR count). The van der Waals surface area contributed by atoms with Crippen molar-refractivity contribution in [3.8, 4) is 0 Å². The Balaban J connectivity index is 2.31. The molecule has 0 aliphatic heterocycles. The SMILES string of the molecule is CC(C)(NC(=O)c1csc2ccccc12)C(N)=NO. The average molecular weight is 277 g/mol. The van der Waals surface area contributed by atoms with Gasteiger partial charge in [-0.3, -0.25) is 4.79 Å². The summed E-state index contributed by atoms with van der Waals surface area (Å²) in [5.74, 6) is -0.283. The molecule has 1 amide bonds. The molecule has 0 unspecified atom stereocenters. The summed E-state index contributed by atoms with van der Waals surface area (Å²) in [5.41, 5.74) is 5.24. The van der Waals surface area contributed by atoms with E-state index in [0.717, 1.165) is 10.1 Å². The number of amidine groups is 1. The topological polar surface area (TPSA) is 87.7 Å². The predicted molar refractivity (Wildman–Crippen MR) is 76.8 cm³/mol. The Bertz CT molecular complexity index is 646. The van der Waals surface area contributed by atoms with Crippen molar-refractivity contribution in [3.63, 3.8) is 0 Å². The number of hydrogen-bond donors (Lipinski definition) is 3. The van der Waals surface area contributed by atoms with Crippen molar-refractivity contribution in [2.45, 2.75) is 19.4 Å². The number of fused-ring (bicyclic) bond motifs is 1. The van der Waals surface area contributed by atoms with Crippen molar-refractivity contribution in [1.29, 1.82) is 0 Å². The molecule has 0 atom stereocenters. The van der Waals surface area contributed by atoms with Gasteiger partial charge in [0.2, 0.25) is 0 Å². The summed E-state index contributed by atoms with van der Waals surface area (Å²) in [6.45, 7) is 3.35. The van der Waals surface area contributed by atoms with Crippen LogP contribution in [0.4, 0.5) is 0 Å². The van der Waals surface area contributed by atoms with E-state index in [-0.39, 0.29) is 11.7 Å². The minimum atomic E-state index is -0.908. The summed E-state index contributed by atoms with van der Waals surface area (Å²) in [6.07, 6.45) is 0. The van der Waals surface area contributed by atoms with Crippen molar-refractivity contribution in [2.24, 2.45) is 10.9 Å². The second-order valence-corrected chi connectivity index (χ2v) is 5.62. The molecule has 1 heterocycles. The quantitative estimate of drug-likeness (QED) is 0.348. The van der Waals surface area contributed by atoms with E-state index in [1.807, 2.05) is 29.6 Å². The van der Waals surface area contributed by atoms with Crippen molar-refractivity contribution in [3.05, 3.63) is 35.2 Å². The highest BCUT2D eigenvalue weighted by Crippen LogP contribution is 2.25. The summed E-state index contributed by atoms with van der Waals surface area (Å²) in [4.78, 5) is 12.3. The third-order valence-corrected chi connectivity index (χ3v) is 3.86. The zero-order valence-corrected chi connectivity index (χ0v) is 11.5. The van der Waals surface area contributed by atoms with E-state index in [2.05, 4.69) is 10.5 Å². The molecule has 5 nitrogen and oxygen atoms in total. The maximum absolute atomic E-state index is 12.3. The Morgan fingerprint density at radius 2 is 2.11 bits per heavy atom. The van der Waals surface area contributed by atoms with Gasteiger partial charge in [0.05, 0.1) is 11.1 Å². The highest BCUT2D eigenvalue weighted by atomic mass is 32.1. The third kappa shape index (κ3) is 2.53. The lowest BCUT2D eigenvalue weighted by atomic mass is 10.0. The lowest BCUT2D eigenvalue weighted by Gasteiger charge is -2.24. The van der Waals surface area contributed by atoms with Gasteiger partial charge in [0.25, 0.3) is 5.91 Å². The molecule has 0 bridgehead atoms. The normalized spacial score (nSPS) is 12.6. The molecular weight excluding hydrogens is 262 g/mol. The van der Waals surface area contributed by atoms with Gasteiger partial charge in [-0.15, -0.1) is 11.3 Å². The third-order valence-electron chi connectivity index (χ3n) is 2.90. The minimum absolute atomic E-state index is 0.0413. The van der Waals surface area contributed by atoms with Crippen LogP contribution in [0.15, 0.2) is 34.8 Å². The number of rotatable bonds is 3. The molecule has 100 valence electrons. The first-order valence-corrected chi connectivity index (χ1v) is 6.60. The number of benzene rings is 1. The first kappa shape index (κ1) is 13.4. The van der Waals surface area contributed by atoms with E-state index in [4.69, 9.17) is 10.9 Å². The maximum atomic E-state index is 12.3. The zero-order valence-electron chi connectivity index (χ0n) is 10.7. The van der Waals surface area contributed by atoms with E-state index in [9.17, 15) is 4.79 Å². The van der Waals surface area contributed by atoms with Gasteiger partial charge in [-0.1, -0.05) is 23.4 Å². The van der Waals surface area contributed by atoms with Crippen LogP contribution in [-0.4, -0.2) is 22.5 Å². The minimum Gasteiger partial charge on any atom is -0.409 e. The number of carbonyl (C=O) groups excluding carboxylic acids is 1. The van der Waals surface area contributed by atoms with E-state index in [1.165, 1.54) is 11.3 Å². The summed E-state index contributed by atoms with van der Waals surface area (Å²) in [7, 11) is 0. The van der Waals surface area contributed by atoms with Gasteiger partial charge in [0.1, 0.15) is 0 Å². The predicted octanol–water partition coefficient (Wildman–Crippen LogP) is 2.16. The van der Waals surface area contributed by atoms with Gasteiger partial charge < -0.3 is 16.3 Å². The van der Waals surface area contributed by atoms with Crippen LogP contribution < -0.4 is 11.1 Å². The highest BCUT2D eigenvalue weighted by molar-refractivity contribution is 7.17. The molecule has 0 aliphatic rings. The fourth-order valence-corrected chi connectivity index (χ4v) is 2.63. The number of thiophene rings is 1. The number of nitrogens with zero attached hydrogens (tertiary/aromatic N) is 1. The number of nitrogens with two attached hydrogens (primary N) is 1. The number of amides is 1. The lowest BCUT2D eigenvalue weighted by Crippen LogP contribution is -2.53. The highest BCUT2D eigenvalue weighted by Gasteiger charge is 2.27. The van der Waals surface area contributed by atoms with E-state index < -0.39 is 5.54 Å². The fraction of sp³-hybridized carbons (Fsp3) is 0.231. The molecule has 0 saturated carbocycles. The first-order valence-electron chi connectivity index (χ1n) is 5.72. The van der Waals surface area contributed by atoms with Crippen LogP contribution >= 0.6 is 11.3 Å². The number of oxime groups is 1. The van der Waals surface area contributed by atoms with Gasteiger partial charge in [-0.05, 0) is 19.9 Å². The molecule has 0 saturated heterocycles. The smallest absolute Gasteiger partial charge is 0.253 e. The van der Waals surface area contributed by atoms with E-state index in [0.29, 0.717) is 5.56 Å². The molecule has 0 radical (unpaired) electrons. The lowest BCUT2D eigenvalue weighted by molar-refractivity contribution is 0.0933.